The molecule has 1 fully saturated rings. The van der Waals surface area contributed by atoms with Crippen LogP contribution < -0.4 is 0 Å². The van der Waals surface area contributed by atoms with Crippen LogP contribution in [0.25, 0.3) is 0 Å². The molecule has 42 heavy (non-hydrogen) atoms. The number of hydrogen-bond donors (Lipinski definition) is 0. The second kappa shape index (κ2) is 15.7. The Balaban J connectivity index is 0.000000837. The highest BCUT2D eigenvalue weighted by atomic mass is 28.5. The molecule has 0 N–H and O–H groups in total. The van der Waals surface area contributed by atoms with Crippen molar-refractivity contribution in [2.24, 2.45) is 0 Å². The van der Waals surface area contributed by atoms with Crippen molar-refractivity contribution in [2.75, 3.05) is 0 Å². The van der Waals surface area contributed by atoms with Crippen LogP contribution in [0.1, 0.15) is 32.6 Å². The molecule has 0 unspecified atom stereocenters. The van der Waals surface area contributed by atoms with Gasteiger partial charge in [0, 0.05) is 0 Å². The van der Waals surface area contributed by atoms with Crippen LogP contribution in [0, 0.1) is 0 Å². The third kappa shape index (κ3) is 21.4. The Hall–Kier alpha value is 1.63. The maximum Gasteiger partial charge on any atom is 0.314 e. The van der Waals surface area contributed by atoms with Crippen molar-refractivity contribution < 1.29 is 32.9 Å². The summed E-state index contributed by atoms with van der Waals surface area (Å²) in [5, 5.41) is 0. The van der Waals surface area contributed by atoms with Crippen LogP contribution in [0.2, 0.25) is 130 Å². The average Bonchev–Trinajstić information content (AvgIpc) is 2.54. The Morgan fingerprint density at radius 2 is 0.714 bits per heavy atom. The first kappa shape index (κ1) is 43.6. The maximum absolute atomic E-state index is 6.47. The van der Waals surface area contributed by atoms with Crippen molar-refractivity contribution in [2.45, 2.75) is 163 Å². The summed E-state index contributed by atoms with van der Waals surface area (Å²) in [6.45, 7) is 43.0. The summed E-state index contributed by atoms with van der Waals surface area (Å²) < 4.78 is 51.4. The van der Waals surface area contributed by atoms with Crippen molar-refractivity contribution >= 4 is 76.6 Å². The lowest BCUT2D eigenvalue weighted by Gasteiger charge is -2.46. The van der Waals surface area contributed by atoms with Gasteiger partial charge in [-0.3, -0.25) is 0 Å². The van der Waals surface area contributed by atoms with Crippen LogP contribution in [0.3, 0.4) is 0 Å². The molecule has 0 spiro atoms. The average molecular weight is 752 g/mol. The minimum absolute atomic E-state index is 1.28. The molecule has 0 aromatic rings. The van der Waals surface area contributed by atoms with E-state index < -0.39 is 76.6 Å². The van der Waals surface area contributed by atoms with Gasteiger partial charge in [0.2, 0.25) is 0 Å². The standard InChI is InChI=1S/C13H34O2Si3.C12H36O6Si6/c1-9-10-11-12-13-17(5,6)15-18(7,8)14-16(2,3)4;1-19(2)13-20(3,4)15-22(7,8)17-24(11,12)18-23(9,10)16-21(5,6)14-19/h9-13H2,1-8H3;1-12H3. The van der Waals surface area contributed by atoms with Crippen molar-refractivity contribution in [3.8, 4) is 0 Å². The van der Waals surface area contributed by atoms with E-state index in [0.29, 0.717) is 0 Å². The smallest absolute Gasteiger partial charge is 0.314 e. The summed E-state index contributed by atoms with van der Waals surface area (Å²) in [6.07, 6.45) is 5.34. The molecule has 0 saturated carbocycles. The molecule has 1 rings (SSSR count). The third-order valence-electron chi connectivity index (χ3n) is 5.66. The molecule has 17 heteroatoms. The van der Waals surface area contributed by atoms with Gasteiger partial charge in [-0.05, 0) is 130 Å². The van der Waals surface area contributed by atoms with Gasteiger partial charge in [0.05, 0.1) is 0 Å². The summed E-state index contributed by atoms with van der Waals surface area (Å²) in [4.78, 5) is 0. The van der Waals surface area contributed by atoms with Crippen molar-refractivity contribution in [1.82, 2.24) is 0 Å². The summed E-state index contributed by atoms with van der Waals surface area (Å²) >= 11 is 0. The van der Waals surface area contributed by atoms with Crippen LogP contribution in [0.15, 0.2) is 0 Å². The third-order valence-corrected chi connectivity index (χ3v) is 39.4. The lowest BCUT2D eigenvalue weighted by atomic mass is 10.2. The second-order valence-corrected chi connectivity index (χ2v) is 50.7. The van der Waals surface area contributed by atoms with E-state index in [2.05, 4.69) is 131 Å². The van der Waals surface area contributed by atoms with E-state index in [0.717, 1.165) is 0 Å². The van der Waals surface area contributed by atoms with Gasteiger partial charge in [-0.25, -0.2) is 0 Å². The molecule has 0 aromatic heterocycles. The van der Waals surface area contributed by atoms with E-state index in [-0.39, 0.29) is 0 Å². The number of rotatable bonds is 9. The molecule has 0 aromatic carbocycles. The fraction of sp³-hybridized carbons (Fsp3) is 1.00. The zero-order valence-electron chi connectivity index (χ0n) is 31.3. The first-order valence-corrected chi connectivity index (χ1v) is 42.1. The van der Waals surface area contributed by atoms with E-state index in [9.17, 15) is 0 Å². The van der Waals surface area contributed by atoms with Crippen LogP contribution in [-0.2, 0) is 32.9 Å². The quantitative estimate of drug-likeness (QED) is 0.171. The molecular formula is C25H70O8Si9. The normalized spacial score (nSPS) is 24.0. The monoisotopic (exact) mass is 750 g/mol. The highest BCUT2D eigenvalue weighted by Crippen LogP contribution is 2.31. The zero-order valence-corrected chi connectivity index (χ0v) is 40.3. The van der Waals surface area contributed by atoms with E-state index in [1.54, 1.807) is 0 Å². The minimum atomic E-state index is -2.38. The van der Waals surface area contributed by atoms with E-state index >= 15 is 0 Å². The Morgan fingerprint density at radius 1 is 0.429 bits per heavy atom. The van der Waals surface area contributed by atoms with Crippen LogP contribution in [0.4, 0.5) is 0 Å². The van der Waals surface area contributed by atoms with Crippen molar-refractivity contribution in [3.63, 3.8) is 0 Å². The van der Waals surface area contributed by atoms with Gasteiger partial charge in [-0.1, -0.05) is 32.6 Å². The Bertz CT molecular complexity index is 697. The van der Waals surface area contributed by atoms with Gasteiger partial charge in [-0.15, -0.1) is 0 Å². The summed E-state index contributed by atoms with van der Waals surface area (Å²) in [5.41, 5.74) is 0. The largest absolute Gasteiger partial charge is 0.437 e. The van der Waals surface area contributed by atoms with E-state index in [1.165, 1.54) is 31.7 Å². The lowest BCUT2D eigenvalue weighted by Crippen LogP contribution is -2.64. The maximum atomic E-state index is 6.47. The molecule has 254 valence electrons. The number of hydrogen-bond acceptors (Lipinski definition) is 8. The molecule has 8 nitrogen and oxygen atoms in total. The second-order valence-electron chi connectivity index (χ2n) is 16.3. The van der Waals surface area contributed by atoms with Crippen LogP contribution in [0.5, 0.6) is 0 Å². The molecule has 1 aliphatic heterocycles. The SMILES string of the molecule is CCCCCC[Si](C)(C)O[Si](C)(C)O[Si](C)(C)C.C[Si]1(C)O[Si](C)(C)O[Si](C)(C)O[Si](C)(C)O[Si](C)(C)O[Si](C)(C)O1. The Labute approximate surface area is 271 Å². The molecule has 0 aliphatic carbocycles. The van der Waals surface area contributed by atoms with Crippen LogP contribution >= 0.6 is 0 Å². The van der Waals surface area contributed by atoms with Gasteiger partial charge in [0.25, 0.3) is 0 Å². The summed E-state index contributed by atoms with van der Waals surface area (Å²) in [6, 6.07) is 1.28. The minimum Gasteiger partial charge on any atom is -0.437 e. The van der Waals surface area contributed by atoms with E-state index in [1.807, 2.05) is 0 Å². The summed E-state index contributed by atoms with van der Waals surface area (Å²) in [5.74, 6) is 0. The Kier molecular flexibility index (Phi) is 16.3. The van der Waals surface area contributed by atoms with Crippen LogP contribution in [-0.4, -0.2) is 76.6 Å². The lowest BCUT2D eigenvalue weighted by molar-refractivity contribution is 0.240. The van der Waals surface area contributed by atoms with E-state index in [4.69, 9.17) is 32.9 Å². The fourth-order valence-electron chi connectivity index (χ4n) is 6.13. The fourth-order valence-corrected chi connectivity index (χ4v) is 51.1. The number of unbranched alkanes of at least 4 members (excludes halogenated alkanes) is 3. The molecule has 0 bridgehead atoms. The molecule has 1 aliphatic rings. The molecule has 1 heterocycles. The molecule has 0 atom stereocenters. The van der Waals surface area contributed by atoms with Crippen molar-refractivity contribution in [3.05, 3.63) is 0 Å². The highest BCUT2D eigenvalue weighted by molar-refractivity contribution is 6.93. The van der Waals surface area contributed by atoms with Gasteiger partial charge in [-0.2, -0.15) is 0 Å². The first-order valence-electron chi connectivity index (χ1n) is 15.8. The zero-order chi connectivity index (χ0) is 33.7. The molecule has 1 saturated heterocycles. The molecular weight excluding hydrogens is 681 g/mol. The Morgan fingerprint density at radius 3 is 0.952 bits per heavy atom. The topological polar surface area (TPSA) is 73.8 Å². The predicted octanol–water partition coefficient (Wildman–Crippen LogP) is 9.65. The molecule has 0 amide bonds. The summed E-state index contributed by atoms with van der Waals surface area (Å²) in [7, 11) is -19.2. The first-order chi connectivity index (χ1) is 18.2. The van der Waals surface area contributed by atoms with Gasteiger partial charge >= 0.3 is 59.9 Å². The highest BCUT2D eigenvalue weighted by Gasteiger charge is 2.51. The van der Waals surface area contributed by atoms with Gasteiger partial charge in [0.15, 0.2) is 16.6 Å². The van der Waals surface area contributed by atoms with Gasteiger partial charge in [0.1, 0.15) is 0 Å². The molecule has 0 radical (unpaired) electrons. The van der Waals surface area contributed by atoms with Gasteiger partial charge < -0.3 is 32.9 Å². The predicted molar refractivity (Wildman–Crippen MR) is 201 cm³/mol. The van der Waals surface area contributed by atoms with Crippen molar-refractivity contribution in [1.29, 1.82) is 0 Å².